The SMILES string of the molecule is ClCCCc1cccc(NCCc2ccccc2)c1. The largest absolute Gasteiger partial charge is 0.385 e. The van der Waals surface area contributed by atoms with Crippen molar-refractivity contribution in [3.05, 3.63) is 65.7 Å². The summed E-state index contributed by atoms with van der Waals surface area (Å²) in [5, 5.41) is 3.48. The highest BCUT2D eigenvalue weighted by Gasteiger charge is 1.96. The quantitative estimate of drug-likeness (QED) is 0.732. The van der Waals surface area contributed by atoms with Crippen molar-refractivity contribution in [1.29, 1.82) is 0 Å². The van der Waals surface area contributed by atoms with Crippen molar-refractivity contribution in [2.24, 2.45) is 0 Å². The summed E-state index contributed by atoms with van der Waals surface area (Å²) in [7, 11) is 0. The summed E-state index contributed by atoms with van der Waals surface area (Å²) in [6.45, 7) is 0.961. The number of aryl methyl sites for hydroxylation is 1. The fourth-order valence-corrected chi connectivity index (χ4v) is 2.24. The molecule has 0 atom stereocenters. The summed E-state index contributed by atoms with van der Waals surface area (Å²) in [6.07, 6.45) is 3.14. The van der Waals surface area contributed by atoms with E-state index >= 15 is 0 Å². The van der Waals surface area contributed by atoms with E-state index in [1.807, 2.05) is 0 Å². The Morgan fingerprint density at radius 2 is 1.63 bits per heavy atom. The third-order valence-electron chi connectivity index (χ3n) is 3.11. The zero-order valence-corrected chi connectivity index (χ0v) is 11.9. The monoisotopic (exact) mass is 273 g/mol. The van der Waals surface area contributed by atoms with Gasteiger partial charge in [0.15, 0.2) is 0 Å². The van der Waals surface area contributed by atoms with Gasteiger partial charge in [-0.05, 0) is 42.5 Å². The second-order valence-electron chi connectivity index (χ2n) is 4.66. The highest BCUT2D eigenvalue weighted by molar-refractivity contribution is 6.17. The van der Waals surface area contributed by atoms with Crippen LogP contribution in [0.5, 0.6) is 0 Å². The van der Waals surface area contributed by atoms with Gasteiger partial charge in [0.2, 0.25) is 0 Å². The van der Waals surface area contributed by atoms with Crippen LogP contribution in [0.2, 0.25) is 0 Å². The maximum Gasteiger partial charge on any atom is 0.0343 e. The highest BCUT2D eigenvalue weighted by atomic mass is 35.5. The summed E-state index contributed by atoms with van der Waals surface area (Å²) in [6, 6.07) is 19.2. The second kappa shape index (κ2) is 7.85. The van der Waals surface area contributed by atoms with Crippen LogP contribution in [0.15, 0.2) is 54.6 Å². The van der Waals surface area contributed by atoms with E-state index < -0.39 is 0 Å². The molecule has 0 aliphatic rings. The number of rotatable bonds is 7. The fraction of sp³-hybridized carbons (Fsp3) is 0.294. The van der Waals surface area contributed by atoms with Gasteiger partial charge in [-0.1, -0.05) is 42.5 Å². The van der Waals surface area contributed by atoms with E-state index in [1.165, 1.54) is 16.8 Å². The number of hydrogen-bond donors (Lipinski definition) is 1. The lowest BCUT2D eigenvalue weighted by Crippen LogP contribution is -2.05. The minimum Gasteiger partial charge on any atom is -0.385 e. The molecular weight excluding hydrogens is 254 g/mol. The molecule has 1 N–H and O–H groups in total. The normalized spacial score (nSPS) is 10.4. The Morgan fingerprint density at radius 3 is 2.42 bits per heavy atom. The maximum absolute atomic E-state index is 5.73. The van der Waals surface area contributed by atoms with Gasteiger partial charge < -0.3 is 5.32 Å². The molecule has 0 amide bonds. The first-order valence-electron chi connectivity index (χ1n) is 6.81. The molecule has 2 rings (SSSR count). The Hall–Kier alpha value is -1.47. The fourth-order valence-electron chi connectivity index (χ4n) is 2.10. The van der Waals surface area contributed by atoms with Crippen LogP contribution in [-0.2, 0) is 12.8 Å². The summed E-state index contributed by atoms with van der Waals surface area (Å²) < 4.78 is 0. The zero-order chi connectivity index (χ0) is 13.3. The van der Waals surface area contributed by atoms with E-state index in [0.29, 0.717) is 0 Å². The summed E-state index contributed by atoms with van der Waals surface area (Å²) in [5.74, 6) is 0.728. The molecule has 0 fully saturated rings. The molecule has 2 heteroatoms. The second-order valence-corrected chi connectivity index (χ2v) is 5.03. The van der Waals surface area contributed by atoms with Gasteiger partial charge in [-0.3, -0.25) is 0 Å². The van der Waals surface area contributed by atoms with Crippen molar-refractivity contribution in [3.8, 4) is 0 Å². The molecule has 19 heavy (non-hydrogen) atoms. The minimum atomic E-state index is 0.728. The Labute approximate surface area is 120 Å². The lowest BCUT2D eigenvalue weighted by Gasteiger charge is -2.08. The van der Waals surface area contributed by atoms with E-state index in [2.05, 4.69) is 59.9 Å². The molecule has 1 nitrogen and oxygen atoms in total. The van der Waals surface area contributed by atoms with Crippen LogP contribution in [0.1, 0.15) is 17.5 Å². The highest BCUT2D eigenvalue weighted by Crippen LogP contribution is 2.12. The molecule has 0 bridgehead atoms. The molecule has 0 aromatic heterocycles. The summed E-state index contributed by atoms with van der Waals surface area (Å²) >= 11 is 5.73. The van der Waals surface area contributed by atoms with Crippen LogP contribution in [0.25, 0.3) is 0 Å². The third-order valence-corrected chi connectivity index (χ3v) is 3.38. The van der Waals surface area contributed by atoms with E-state index in [-0.39, 0.29) is 0 Å². The van der Waals surface area contributed by atoms with Gasteiger partial charge in [0.1, 0.15) is 0 Å². The Morgan fingerprint density at radius 1 is 0.842 bits per heavy atom. The number of hydrogen-bond acceptors (Lipinski definition) is 1. The number of alkyl halides is 1. The van der Waals surface area contributed by atoms with Crippen molar-refractivity contribution in [2.75, 3.05) is 17.7 Å². The summed E-state index contributed by atoms with van der Waals surface area (Å²) in [5.41, 5.74) is 3.92. The standard InChI is InChI=1S/C17H20ClN/c18-12-5-9-16-8-4-10-17(14-16)19-13-11-15-6-2-1-3-7-15/h1-4,6-8,10,14,19H,5,9,11-13H2. The number of benzene rings is 2. The first-order valence-corrected chi connectivity index (χ1v) is 7.34. The van der Waals surface area contributed by atoms with Gasteiger partial charge in [0.25, 0.3) is 0 Å². The summed E-state index contributed by atoms with van der Waals surface area (Å²) in [4.78, 5) is 0. The molecule has 0 aliphatic heterocycles. The molecule has 0 spiro atoms. The average Bonchev–Trinajstić information content (AvgIpc) is 2.47. The molecule has 2 aromatic carbocycles. The lowest BCUT2D eigenvalue weighted by atomic mass is 10.1. The van der Waals surface area contributed by atoms with E-state index in [9.17, 15) is 0 Å². The maximum atomic E-state index is 5.73. The molecule has 0 saturated carbocycles. The number of halogens is 1. The van der Waals surface area contributed by atoms with Crippen molar-refractivity contribution in [2.45, 2.75) is 19.3 Å². The third kappa shape index (κ3) is 4.96. The lowest BCUT2D eigenvalue weighted by molar-refractivity contribution is 0.928. The topological polar surface area (TPSA) is 12.0 Å². The molecule has 0 aliphatic carbocycles. The van der Waals surface area contributed by atoms with Gasteiger partial charge >= 0.3 is 0 Å². The van der Waals surface area contributed by atoms with Crippen molar-refractivity contribution in [1.82, 2.24) is 0 Å². The Kier molecular flexibility index (Phi) is 5.77. The minimum absolute atomic E-state index is 0.728. The molecule has 100 valence electrons. The van der Waals surface area contributed by atoms with Gasteiger partial charge in [-0.15, -0.1) is 11.6 Å². The van der Waals surface area contributed by atoms with Crippen LogP contribution >= 0.6 is 11.6 Å². The predicted octanol–water partition coefficient (Wildman–Crippen LogP) is 4.51. The van der Waals surface area contributed by atoms with Crippen molar-refractivity contribution in [3.63, 3.8) is 0 Å². The zero-order valence-electron chi connectivity index (χ0n) is 11.1. The first kappa shape index (κ1) is 14.0. The van der Waals surface area contributed by atoms with Crippen LogP contribution < -0.4 is 5.32 Å². The van der Waals surface area contributed by atoms with Gasteiger partial charge in [-0.2, -0.15) is 0 Å². The van der Waals surface area contributed by atoms with E-state index in [4.69, 9.17) is 11.6 Å². The number of nitrogens with one attached hydrogen (secondary N) is 1. The molecule has 0 radical (unpaired) electrons. The molecular formula is C17H20ClN. The smallest absolute Gasteiger partial charge is 0.0343 e. The predicted molar refractivity (Wildman–Crippen MR) is 84.1 cm³/mol. The van der Waals surface area contributed by atoms with Crippen LogP contribution in [0, 0.1) is 0 Å². The first-order chi connectivity index (χ1) is 9.38. The number of anilines is 1. The average molecular weight is 274 g/mol. The van der Waals surface area contributed by atoms with Crippen molar-refractivity contribution < 1.29 is 0 Å². The van der Waals surface area contributed by atoms with Crippen LogP contribution in [-0.4, -0.2) is 12.4 Å². The van der Waals surface area contributed by atoms with Crippen molar-refractivity contribution >= 4 is 17.3 Å². The van der Waals surface area contributed by atoms with Gasteiger partial charge in [0, 0.05) is 18.1 Å². The molecule has 0 saturated heterocycles. The van der Waals surface area contributed by atoms with Crippen LogP contribution in [0.4, 0.5) is 5.69 Å². The molecule has 2 aromatic rings. The Balaban J connectivity index is 1.82. The van der Waals surface area contributed by atoms with Gasteiger partial charge in [0.05, 0.1) is 0 Å². The van der Waals surface area contributed by atoms with Crippen LogP contribution in [0.3, 0.4) is 0 Å². The van der Waals surface area contributed by atoms with E-state index in [0.717, 1.165) is 31.7 Å². The Bertz CT molecular complexity index is 482. The molecule has 0 unspecified atom stereocenters. The molecule has 0 heterocycles. The van der Waals surface area contributed by atoms with E-state index in [1.54, 1.807) is 0 Å². The van der Waals surface area contributed by atoms with Gasteiger partial charge in [-0.25, -0.2) is 0 Å².